The summed E-state index contributed by atoms with van der Waals surface area (Å²) < 4.78 is 27.0. The number of hydrogen-bond donors (Lipinski definition) is 0. The maximum atomic E-state index is 8.46. The van der Waals surface area contributed by atoms with Gasteiger partial charge in [-0.15, -0.1) is 0 Å². The predicted octanol–water partition coefficient (Wildman–Crippen LogP) is 5.38. The van der Waals surface area contributed by atoms with E-state index in [1.807, 2.05) is 39.1 Å². The second-order valence-corrected chi connectivity index (χ2v) is 6.66. The fourth-order valence-electron chi connectivity index (χ4n) is 3.16. The molecule has 0 aliphatic rings. The summed E-state index contributed by atoms with van der Waals surface area (Å²) in [5, 5.41) is 1.69. The normalized spacial score (nSPS) is 13.7. The minimum atomic E-state index is -0.739. The van der Waals surface area contributed by atoms with Crippen LogP contribution >= 0.6 is 0 Å². The first-order chi connectivity index (χ1) is 12.0. The number of rotatable bonds is 2. The molecule has 0 radical (unpaired) electrons. The van der Waals surface area contributed by atoms with Crippen molar-refractivity contribution in [2.24, 2.45) is 7.05 Å². The van der Waals surface area contributed by atoms with Crippen molar-refractivity contribution in [2.75, 3.05) is 0 Å². The van der Waals surface area contributed by atoms with E-state index in [0.717, 1.165) is 27.6 Å². The molecule has 3 rings (SSSR count). The minimum absolute atomic E-state index is 0.186. The van der Waals surface area contributed by atoms with E-state index in [-0.39, 0.29) is 12.2 Å². The number of benzene rings is 2. The van der Waals surface area contributed by atoms with Gasteiger partial charge in [0.05, 0.1) is 12.3 Å². The summed E-state index contributed by atoms with van der Waals surface area (Å²) in [7, 11) is 1.86. The summed E-state index contributed by atoms with van der Waals surface area (Å²) in [5.74, 6) is -0.739. The van der Waals surface area contributed by atoms with Crippen LogP contribution in [0, 0.1) is 20.8 Å². The van der Waals surface area contributed by atoms with Crippen LogP contribution < -0.4 is 4.57 Å². The number of aromatic nitrogens is 1. The Hall–Kier alpha value is -2.15. The Morgan fingerprint density at radius 1 is 1.09 bits per heavy atom. The Balaban J connectivity index is 2.47. The summed E-state index contributed by atoms with van der Waals surface area (Å²) in [6.45, 7) is 9.98. The molecular weight excluding hydrogens is 278 g/mol. The molecule has 2 aromatic carbocycles. The Morgan fingerprint density at radius 2 is 1.83 bits per heavy atom. The number of hydrogen-bond acceptors (Lipinski definition) is 0. The van der Waals surface area contributed by atoms with Crippen LogP contribution in [0.1, 0.15) is 46.1 Å². The predicted molar refractivity (Wildman–Crippen MR) is 98.9 cm³/mol. The highest BCUT2D eigenvalue weighted by Crippen LogP contribution is 2.31. The molecule has 0 fully saturated rings. The van der Waals surface area contributed by atoms with E-state index in [1.165, 1.54) is 16.7 Å². The average Bonchev–Trinajstić information content (AvgIpc) is 2.56. The van der Waals surface area contributed by atoms with Crippen molar-refractivity contribution >= 4 is 10.8 Å². The standard InChI is InChI=1S/C22H26N/c1-14(2)18-7-8-20-19(13-18)9-10-23(6)22(20)21-12-15(3)11-16(4)17(21)5/h7-14H,1-6H3/q+1/i9D,10D,14D. The summed E-state index contributed by atoms with van der Waals surface area (Å²) in [4.78, 5) is 0. The van der Waals surface area contributed by atoms with Crippen molar-refractivity contribution in [2.45, 2.75) is 40.5 Å². The maximum absolute atomic E-state index is 8.46. The zero-order chi connectivity index (χ0) is 19.4. The van der Waals surface area contributed by atoms with Crippen molar-refractivity contribution in [3.05, 3.63) is 64.8 Å². The zero-order valence-corrected chi connectivity index (χ0v) is 14.8. The first-order valence-electron chi connectivity index (χ1n) is 9.54. The van der Waals surface area contributed by atoms with Gasteiger partial charge in [0.15, 0.2) is 6.17 Å². The molecule has 3 aromatic rings. The van der Waals surface area contributed by atoms with Crippen LogP contribution in [0.3, 0.4) is 0 Å². The van der Waals surface area contributed by atoms with E-state index in [2.05, 4.69) is 32.9 Å². The molecule has 0 N–H and O–H groups in total. The first-order valence-corrected chi connectivity index (χ1v) is 8.04. The van der Waals surface area contributed by atoms with Crippen LogP contribution in [0.5, 0.6) is 0 Å². The van der Waals surface area contributed by atoms with Gasteiger partial charge in [0.25, 0.3) is 0 Å². The van der Waals surface area contributed by atoms with E-state index in [0.29, 0.717) is 0 Å². The Morgan fingerprint density at radius 3 is 2.52 bits per heavy atom. The van der Waals surface area contributed by atoms with Crippen LogP contribution in [0.25, 0.3) is 22.0 Å². The van der Waals surface area contributed by atoms with Crippen molar-refractivity contribution in [3.63, 3.8) is 0 Å². The van der Waals surface area contributed by atoms with Gasteiger partial charge in [-0.25, -0.2) is 4.57 Å². The Labute approximate surface area is 143 Å². The fraction of sp³-hybridized carbons (Fsp3) is 0.318. The number of aryl methyl sites for hydroxylation is 2. The third kappa shape index (κ3) is 2.76. The average molecular weight is 307 g/mol. The minimum Gasteiger partial charge on any atom is -0.200 e. The largest absolute Gasteiger partial charge is 0.220 e. The number of pyridine rings is 1. The van der Waals surface area contributed by atoms with Crippen LogP contribution in [0.15, 0.2) is 42.5 Å². The van der Waals surface area contributed by atoms with Gasteiger partial charge in [-0.1, -0.05) is 37.6 Å². The summed E-state index contributed by atoms with van der Waals surface area (Å²) >= 11 is 0. The molecule has 1 nitrogen and oxygen atoms in total. The molecule has 1 heterocycles. The van der Waals surface area contributed by atoms with Gasteiger partial charge in [0, 0.05) is 7.41 Å². The van der Waals surface area contributed by atoms with E-state index in [4.69, 9.17) is 4.11 Å². The molecule has 0 bridgehead atoms. The summed E-state index contributed by atoms with van der Waals surface area (Å²) in [5.41, 5.74) is 6.51. The lowest BCUT2D eigenvalue weighted by atomic mass is 9.93. The molecule has 1 aromatic heterocycles. The molecule has 0 spiro atoms. The molecule has 0 saturated heterocycles. The van der Waals surface area contributed by atoms with Crippen LogP contribution in [-0.4, -0.2) is 0 Å². The Bertz CT molecular complexity index is 1030. The molecule has 0 amide bonds. The van der Waals surface area contributed by atoms with Crippen molar-refractivity contribution in [1.82, 2.24) is 0 Å². The number of fused-ring (bicyclic) bond motifs is 1. The van der Waals surface area contributed by atoms with Gasteiger partial charge >= 0.3 is 0 Å². The maximum Gasteiger partial charge on any atom is 0.220 e. The number of nitrogens with zero attached hydrogens (tertiary/aromatic N) is 1. The van der Waals surface area contributed by atoms with Gasteiger partial charge < -0.3 is 0 Å². The first kappa shape index (κ1) is 12.3. The summed E-state index contributed by atoms with van der Waals surface area (Å²) in [6.07, 6.45) is 0.186. The van der Waals surface area contributed by atoms with Crippen molar-refractivity contribution in [3.8, 4) is 11.3 Å². The van der Waals surface area contributed by atoms with Crippen LogP contribution in [0.2, 0.25) is 0 Å². The molecule has 0 saturated carbocycles. The highest BCUT2D eigenvalue weighted by atomic mass is 14.9. The SMILES string of the molecule is [2H]c1c([2H])[n+](C)c(-c2cc(C)cc(C)c2C)c2ccc(C([2H])(C)C)cc12. The molecule has 1 heteroatoms. The van der Waals surface area contributed by atoms with Gasteiger partial charge in [-0.3, -0.25) is 0 Å². The second kappa shape index (κ2) is 5.81. The van der Waals surface area contributed by atoms with Gasteiger partial charge in [0.1, 0.15) is 8.42 Å². The Kier molecular flexibility index (Phi) is 3.10. The third-order valence-corrected chi connectivity index (χ3v) is 4.61. The van der Waals surface area contributed by atoms with E-state index in [9.17, 15) is 0 Å². The smallest absolute Gasteiger partial charge is 0.200 e. The van der Waals surface area contributed by atoms with Gasteiger partial charge in [-0.2, -0.15) is 0 Å². The van der Waals surface area contributed by atoms with Crippen molar-refractivity contribution in [1.29, 1.82) is 0 Å². The van der Waals surface area contributed by atoms with E-state index in [1.54, 1.807) is 4.57 Å². The topological polar surface area (TPSA) is 3.88 Å². The van der Waals surface area contributed by atoms with Gasteiger partial charge in [0.2, 0.25) is 5.69 Å². The quantitative estimate of drug-likeness (QED) is 0.560. The lowest BCUT2D eigenvalue weighted by Crippen LogP contribution is -2.30. The van der Waals surface area contributed by atoms with Crippen LogP contribution in [-0.2, 0) is 7.05 Å². The van der Waals surface area contributed by atoms with Crippen LogP contribution in [0.4, 0.5) is 0 Å². The zero-order valence-electron chi connectivity index (χ0n) is 17.8. The highest BCUT2D eigenvalue weighted by Gasteiger charge is 2.18. The molecule has 0 atom stereocenters. The molecule has 23 heavy (non-hydrogen) atoms. The lowest BCUT2D eigenvalue weighted by molar-refractivity contribution is -0.659. The summed E-state index contributed by atoms with van der Waals surface area (Å²) in [6, 6.07) is 10.4. The second-order valence-electron chi connectivity index (χ2n) is 6.66. The van der Waals surface area contributed by atoms with E-state index >= 15 is 0 Å². The fourth-order valence-corrected chi connectivity index (χ4v) is 3.16. The molecule has 0 aliphatic carbocycles. The molecular formula is C22H26N+. The third-order valence-electron chi connectivity index (χ3n) is 4.61. The molecule has 0 aliphatic heterocycles. The van der Waals surface area contributed by atoms with Gasteiger partial charge in [-0.05, 0) is 60.9 Å². The monoisotopic (exact) mass is 307 g/mol. The van der Waals surface area contributed by atoms with Crippen molar-refractivity contribution < 1.29 is 8.68 Å². The molecule has 118 valence electrons. The van der Waals surface area contributed by atoms with E-state index < -0.39 is 5.89 Å². The lowest BCUT2D eigenvalue weighted by Gasteiger charge is -2.12. The molecule has 0 unspecified atom stereocenters. The highest BCUT2D eigenvalue weighted by molar-refractivity contribution is 5.94.